The van der Waals surface area contributed by atoms with E-state index < -0.39 is 5.25 Å². The Labute approximate surface area is 124 Å². The van der Waals surface area contributed by atoms with Crippen LogP contribution in [0.25, 0.3) is 0 Å². The predicted molar refractivity (Wildman–Crippen MR) is 82.3 cm³/mol. The first-order valence-corrected chi connectivity index (χ1v) is 7.27. The number of rotatable bonds is 5. The number of thiol groups is 1. The Morgan fingerprint density at radius 2 is 1.95 bits per heavy atom. The zero-order valence-electron chi connectivity index (χ0n) is 11.7. The molecule has 1 unspecified atom stereocenters. The van der Waals surface area contributed by atoms with E-state index in [0.717, 1.165) is 29.0 Å². The highest BCUT2D eigenvalue weighted by Gasteiger charge is 2.22. The van der Waals surface area contributed by atoms with Crippen molar-refractivity contribution in [3.05, 3.63) is 23.3 Å². The molecular weight excluding hydrogens is 272 g/mol. The van der Waals surface area contributed by atoms with Crippen LogP contribution in [-0.2, 0) is 6.42 Å². The summed E-state index contributed by atoms with van der Waals surface area (Å²) in [7, 11) is 0. The van der Waals surface area contributed by atoms with E-state index in [1.54, 1.807) is 0 Å². The van der Waals surface area contributed by atoms with Gasteiger partial charge in [-0.1, -0.05) is 0 Å². The van der Waals surface area contributed by atoms with Crippen molar-refractivity contribution in [2.24, 2.45) is 4.99 Å². The second-order valence-corrected chi connectivity index (χ2v) is 4.89. The molecule has 0 aliphatic carbocycles. The highest BCUT2D eigenvalue weighted by molar-refractivity contribution is 7.82. The molecule has 1 aromatic rings. The summed E-state index contributed by atoms with van der Waals surface area (Å²) >= 11 is 4.29. The number of ether oxygens (including phenoxy) is 2. The number of nitriles is 1. The number of aliphatic imine (C=N–C) groups is 1. The zero-order chi connectivity index (χ0) is 14.5. The lowest BCUT2D eigenvalue weighted by Crippen LogP contribution is -2.21. The third-order valence-electron chi connectivity index (χ3n) is 3.09. The normalized spacial score (nSPS) is 14.8. The standard InChI is InChI=1S/C15H18N2O2S/c1-3-18-12-7-10-5-6-17-15(14(20)9-16)11(10)8-13(12)19-4-2/h7-8,14,20H,3-6H2,1-2H3. The molecule has 0 bridgehead atoms. The van der Waals surface area contributed by atoms with Crippen molar-refractivity contribution in [1.82, 2.24) is 0 Å². The second kappa shape index (κ2) is 6.67. The maximum absolute atomic E-state index is 9.06. The van der Waals surface area contributed by atoms with Crippen molar-refractivity contribution in [2.75, 3.05) is 19.8 Å². The van der Waals surface area contributed by atoms with Crippen LogP contribution < -0.4 is 9.47 Å². The molecule has 106 valence electrons. The lowest BCUT2D eigenvalue weighted by atomic mass is 9.95. The third-order valence-corrected chi connectivity index (χ3v) is 3.45. The van der Waals surface area contributed by atoms with Gasteiger partial charge in [0.25, 0.3) is 0 Å². The fraction of sp³-hybridized carbons (Fsp3) is 0.467. The predicted octanol–water partition coefficient (Wildman–Crippen LogP) is 2.65. The van der Waals surface area contributed by atoms with Gasteiger partial charge >= 0.3 is 0 Å². The first kappa shape index (κ1) is 14.7. The smallest absolute Gasteiger partial charge is 0.161 e. The maximum Gasteiger partial charge on any atom is 0.161 e. The van der Waals surface area contributed by atoms with Gasteiger partial charge in [-0.15, -0.1) is 0 Å². The lowest BCUT2D eigenvalue weighted by molar-refractivity contribution is 0.287. The van der Waals surface area contributed by atoms with E-state index >= 15 is 0 Å². The van der Waals surface area contributed by atoms with Crippen LogP contribution in [0.1, 0.15) is 25.0 Å². The van der Waals surface area contributed by atoms with Gasteiger partial charge in [-0.25, -0.2) is 0 Å². The molecule has 1 atom stereocenters. The van der Waals surface area contributed by atoms with Crippen LogP contribution in [0.3, 0.4) is 0 Å². The molecule has 0 saturated carbocycles. The number of benzene rings is 1. The molecule has 1 aromatic carbocycles. The molecule has 0 N–H and O–H groups in total. The Morgan fingerprint density at radius 1 is 1.30 bits per heavy atom. The Morgan fingerprint density at radius 3 is 2.55 bits per heavy atom. The second-order valence-electron chi connectivity index (χ2n) is 4.37. The molecular formula is C15H18N2O2S. The molecule has 4 nitrogen and oxygen atoms in total. The van der Waals surface area contributed by atoms with E-state index in [4.69, 9.17) is 14.7 Å². The van der Waals surface area contributed by atoms with Gasteiger partial charge in [0, 0.05) is 12.1 Å². The van der Waals surface area contributed by atoms with Crippen LogP contribution in [0.15, 0.2) is 17.1 Å². The summed E-state index contributed by atoms with van der Waals surface area (Å²) < 4.78 is 11.3. The molecule has 0 saturated heterocycles. The maximum atomic E-state index is 9.06. The van der Waals surface area contributed by atoms with Crippen LogP contribution in [0.4, 0.5) is 0 Å². The van der Waals surface area contributed by atoms with Crippen LogP contribution in [0.5, 0.6) is 11.5 Å². The van der Waals surface area contributed by atoms with E-state index in [1.807, 2.05) is 26.0 Å². The van der Waals surface area contributed by atoms with E-state index in [9.17, 15) is 0 Å². The average molecular weight is 290 g/mol. The summed E-state index contributed by atoms with van der Waals surface area (Å²) in [6, 6.07) is 6.04. The molecule has 2 rings (SSSR count). The van der Waals surface area contributed by atoms with Gasteiger partial charge in [0.15, 0.2) is 11.5 Å². The van der Waals surface area contributed by atoms with E-state index in [0.29, 0.717) is 25.5 Å². The summed E-state index contributed by atoms with van der Waals surface area (Å²) in [5.74, 6) is 1.45. The molecule has 20 heavy (non-hydrogen) atoms. The van der Waals surface area contributed by atoms with Crippen LogP contribution in [0.2, 0.25) is 0 Å². The summed E-state index contributed by atoms with van der Waals surface area (Å²) in [6.45, 7) is 5.71. The largest absolute Gasteiger partial charge is 0.490 e. The molecule has 1 aliphatic rings. The summed E-state index contributed by atoms with van der Waals surface area (Å²) in [5, 5.41) is 8.55. The van der Waals surface area contributed by atoms with Gasteiger partial charge in [-0.05, 0) is 38.0 Å². The van der Waals surface area contributed by atoms with E-state index in [1.165, 1.54) is 0 Å². The number of hydrogen-bond acceptors (Lipinski definition) is 5. The minimum absolute atomic E-state index is 0.513. The molecule has 1 aliphatic heterocycles. The monoisotopic (exact) mass is 290 g/mol. The van der Waals surface area contributed by atoms with Gasteiger partial charge in [0.1, 0.15) is 5.25 Å². The van der Waals surface area contributed by atoms with Crippen LogP contribution in [0, 0.1) is 11.3 Å². The lowest BCUT2D eigenvalue weighted by Gasteiger charge is -2.21. The van der Waals surface area contributed by atoms with Crippen molar-refractivity contribution >= 4 is 18.3 Å². The van der Waals surface area contributed by atoms with Crippen molar-refractivity contribution < 1.29 is 9.47 Å². The van der Waals surface area contributed by atoms with E-state index in [-0.39, 0.29) is 0 Å². The van der Waals surface area contributed by atoms with Gasteiger partial charge in [0.05, 0.1) is 25.0 Å². The number of nitrogens with zero attached hydrogens (tertiary/aromatic N) is 2. The van der Waals surface area contributed by atoms with Crippen LogP contribution >= 0.6 is 12.6 Å². The Kier molecular flexibility index (Phi) is 4.91. The van der Waals surface area contributed by atoms with Crippen molar-refractivity contribution in [2.45, 2.75) is 25.5 Å². The third kappa shape index (κ3) is 2.91. The quantitative estimate of drug-likeness (QED) is 0.848. The fourth-order valence-corrected chi connectivity index (χ4v) is 2.48. The minimum Gasteiger partial charge on any atom is -0.490 e. The van der Waals surface area contributed by atoms with Crippen LogP contribution in [-0.4, -0.2) is 30.7 Å². The fourth-order valence-electron chi connectivity index (χ4n) is 2.26. The Balaban J connectivity index is 2.48. The first-order chi connectivity index (χ1) is 9.71. The van der Waals surface area contributed by atoms with Gasteiger partial charge in [-0.2, -0.15) is 17.9 Å². The molecule has 0 radical (unpaired) electrons. The molecule has 0 spiro atoms. The number of hydrogen-bond donors (Lipinski definition) is 1. The molecule has 5 heteroatoms. The van der Waals surface area contributed by atoms with Crippen molar-refractivity contribution in [3.8, 4) is 17.6 Å². The minimum atomic E-state index is -0.513. The summed E-state index contributed by atoms with van der Waals surface area (Å²) in [5.41, 5.74) is 2.81. The molecule has 1 heterocycles. The SMILES string of the molecule is CCOc1cc2c(cc1OCC)C(C(S)C#N)=NCC2. The average Bonchev–Trinajstić information content (AvgIpc) is 2.47. The summed E-state index contributed by atoms with van der Waals surface area (Å²) in [4.78, 5) is 4.44. The molecule has 0 aromatic heterocycles. The highest BCUT2D eigenvalue weighted by Crippen LogP contribution is 2.34. The molecule has 0 fully saturated rings. The summed E-state index contributed by atoms with van der Waals surface area (Å²) in [6.07, 6.45) is 0.844. The van der Waals surface area contributed by atoms with Gasteiger partial charge in [0.2, 0.25) is 0 Å². The van der Waals surface area contributed by atoms with E-state index in [2.05, 4.69) is 23.7 Å². The Hall–Kier alpha value is -1.67. The topological polar surface area (TPSA) is 54.6 Å². The first-order valence-electron chi connectivity index (χ1n) is 6.76. The zero-order valence-corrected chi connectivity index (χ0v) is 12.6. The Bertz CT molecular complexity index is 564. The van der Waals surface area contributed by atoms with Crippen molar-refractivity contribution in [3.63, 3.8) is 0 Å². The molecule has 0 amide bonds. The van der Waals surface area contributed by atoms with Gasteiger partial charge in [-0.3, -0.25) is 4.99 Å². The number of fused-ring (bicyclic) bond motifs is 1. The van der Waals surface area contributed by atoms with Gasteiger partial charge < -0.3 is 9.47 Å². The highest BCUT2D eigenvalue weighted by atomic mass is 32.1. The van der Waals surface area contributed by atoms with Crippen molar-refractivity contribution in [1.29, 1.82) is 5.26 Å².